The van der Waals surface area contributed by atoms with Crippen molar-refractivity contribution in [3.63, 3.8) is 0 Å². The van der Waals surface area contributed by atoms with E-state index in [9.17, 15) is 14.4 Å². The molecule has 0 aromatic heterocycles. The molecule has 1 rings (SSSR count). The number of carbonyl (C=O) groups excluding carboxylic acids is 3. The summed E-state index contributed by atoms with van der Waals surface area (Å²) < 4.78 is 5.27. The Balaban J connectivity index is 2.38. The number of hydrogen-bond acceptors (Lipinski definition) is 5. The molecule has 7 nitrogen and oxygen atoms in total. The lowest BCUT2D eigenvalue weighted by Crippen LogP contribution is -2.52. The third-order valence-electron chi connectivity index (χ3n) is 4.07. The minimum atomic E-state index is -0.790. The first-order valence-electron chi connectivity index (χ1n) is 8.37. The van der Waals surface area contributed by atoms with Gasteiger partial charge in [-0.2, -0.15) is 0 Å². The van der Waals surface area contributed by atoms with E-state index in [1.807, 2.05) is 0 Å². The van der Waals surface area contributed by atoms with Crippen LogP contribution in [-0.4, -0.2) is 67.0 Å². The minimum Gasteiger partial charge on any atom is -0.464 e. The Morgan fingerprint density at radius 2 is 1.54 bits per heavy atom. The number of piperazine rings is 1. The van der Waals surface area contributed by atoms with Crippen molar-refractivity contribution in [3.05, 3.63) is 0 Å². The van der Waals surface area contributed by atoms with Crippen LogP contribution >= 0.6 is 0 Å². The molecule has 0 aliphatic carbocycles. The van der Waals surface area contributed by atoms with E-state index >= 15 is 0 Å². The third kappa shape index (κ3) is 6.11. The van der Waals surface area contributed by atoms with Gasteiger partial charge in [0.15, 0.2) is 0 Å². The van der Waals surface area contributed by atoms with Gasteiger partial charge in [-0.1, -0.05) is 0 Å². The summed E-state index contributed by atoms with van der Waals surface area (Å²) in [6.45, 7) is 13.7. The second-order valence-electron chi connectivity index (χ2n) is 8.00. The maximum atomic E-state index is 12.3. The first-order valence-corrected chi connectivity index (χ1v) is 8.37. The average Bonchev–Trinajstić information content (AvgIpc) is 2.49. The Kier molecular flexibility index (Phi) is 6.77. The predicted molar refractivity (Wildman–Crippen MR) is 91.0 cm³/mol. The highest BCUT2D eigenvalue weighted by Crippen LogP contribution is 2.20. The van der Waals surface area contributed by atoms with Gasteiger partial charge in [-0.25, -0.2) is 0 Å². The number of nitrogens with one attached hydrogen (secondary N) is 1. The summed E-state index contributed by atoms with van der Waals surface area (Å²) >= 11 is 0. The van der Waals surface area contributed by atoms with Gasteiger partial charge in [-0.15, -0.1) is 0 Å². The van der Waals surface area contributed by atoms with Gasteiger partial charge in [0, 0.05) is 33.1 Å². The lowest BCUT2D eigenvalue weighted by Gasteiger charge is -2.35. The van der Waals surface area contributed by atoms with Crippen LogP contribution < -0.4 is 5.32 Å². The Morgan fingerprint density at radius 3 is 2.00 bits per heavy atom. The third-order valence-corrected chi connectivity index (χ3v) is 4.07. The van der Waals surface area contributed by atoms with E-state index in [1.54, 1.807) is 46.4 Å². The van der Waals surface area contributed by atoms with E-state index in [0.717, 1.165) is 13.1 Å². The number of amides is 2. The van der Waals surface area contributed by atoms with Gasteiger partial charge in [0.05, 0.1) is 17.5 Å². The number of ether oxygens (including phenoxy) is 1. The summed E-state index contributed by atoms with van der Waals surface area (Å²) in [5.74, 6) is -0.387. The summed E-state index contributed by atoms with van der Waals surface area (Å²) in [6.07, 6.45) is 0. The zero-order chi connectivity index (χ0) is 18.5. The molecule has 138 valence electrons. The second kappa shape index (κ2) is 7.96. The quantitative estimate of drug-likeness (QED) is 0.750. The van der Waals surface area contributed by atoms with Crippen molar-refractivity contribution in [2.24, 2.45) is 10.8 Å². The molecular formula is C17H31N3O4. The Hall–Kier alpha value is -1.63. The van der Waals surface area contributed by atoms with Crippen LogP contribution in [0.25, 0.3) is 0 Å². The summed E-state index contributed by atoms with van der Waals surface area (Å²) in [6, 6.07) is 0. The number of carbonyl (C=O) groups is 3. The highest BCUT2D eigenvalue weighted by Gasteiger charge is 2.32. The fourth-order valence-electron chi connectivity index (χ4n) is 2.17. The molecule has 1 heterocycles. The number of esters is 1. The molecule has 1 N–H and O–H groups in total. The van der Waals surface area contributed by atoms with E-state index in [2.05, 4.69) is 10.2 Å². The van der Waals surface area contributed by atoms with Gasteiger partial charge in [0.25, 0.3) is 0 Å². The zero-order valence-electron chi connectivity index (χ0n) is 15.8. The smallest absolute Gasteiger partial charge is 0.311 e. The van der Waals surface area contributed by atoms with Crippen molar-refractivity contribution in [2.45, 2.75) is 41.5 Å². The SMILES string of the molecule is CC(=O)N1CCN(CNC(=O)C(C)(C)COC(=O)C(C)(C)C)CC1. The fraction of sp³-hybridized carbons (Fsp3) is 0.824. The second-order valence-corrected chi connectivity index (χ2v) is 8.00. The molecule has 2 amide bonds. The predicted octanol–water partition coefficient (Wildman–Crippen LogP) is 0.840. The van der Waals surface area contributed by atoms with Crippen molar-refractivity contribution < 1.29 is 19.1 Å². The molecule has 7 heteroatoms. The van der Waals surface area contributed by atoms with Gasteiger partial charge in [0.1, 0.15) is 6.61 Å². The zero-order valence-corrected chi connectivity index (χ0v) is 15.8. The maximum Gasteiger partial charge on any atom is 0.311 e. The molecule has 0 spiro atoms. The molecule has 0 atom stereocenters. The van der Waals surface area contributed by atoms with Crippen LogP contribution in [0.1, 0.15) is 41.5 Å². The normalized spacial score (nSPS) is 16.7. The summed E-state index contributed by atoms with van der Waals surface area (Å²) in [5.41, 5.74) is -1.37. The summed E-state index contributed by atoms with van der Waals surface area (Å²) in [7, 11) is 0. The van der Waals surface area contributed by atoms with Crippen molar-refractivity contribution in [1.29, 1.82) is 0 Å². The lowest BCUT2D eigenvalue weighted by atomic mass is 9.93. The van der Waals surface area contributed by atoms with E-state index in [-0.39, 0.29) is 24.4 Å². The van der Waals surface area contributed by atoms with E-state index in [0.29, 0.717) is 19.8 Å². The minimum absolute atomic E-state index is 0.0487. The first-order chi connectivity index (χ1) is 10.9. The van der Waals surface area contributed by atoms with Crippen molar-refractivity contribution >= 4 is 17.8 Å². The molecule has 0 aromatic rings. The Bertz CT molecular complexity index is 475. The van der Waals surface area contributed by atoms with E-state index in [1.165, 1.54) is 0 Å². The molecule has 1 aliphatic rings. The highest BCUT2D eigenvalue weighted by molar-refractivity contribution is 5.82. The van der Waals surface area contributed by atoms with Crippen molar-refractivity contribution in [1.82, 2.24) is 15.1 Å². The largest absolute Gasteiger partial charge is 0.464 e. The summed E-state index contributed by atoms with van der Waals surface area (Å²) in [5, 5.41) is 2.89. The topological polar surface area (TPSA) is 79.0 Å². The van der Waals surface area contributed by atoms with E-state index < -0.39 is 10.8 Å². The van der Waals surface area contributed by atoms with Crippen LogP contribution in [0.15, 0.2) is 0 Å². The number of rotatable bonds is 5. The maximum absolute atomic E-state index is 12.3. The molecular weight excluding hydrogens is 310 g/mol. The molecule has 0 unspecified atom stereocenters. The van der Waals surface area contributed by atoms with Gasteiger partial charge in [-0.05, 0) is 34.6 Å². The van der Waals surface area contributed by atoms with Gasteiger partial charge < -0.3 is 15.0 Å². The van der Waals surface area contributed by atoms with Gasteiger partial charge >= 0.3 is 5.97 Å². The fourth-order valence-corrected chi connectivity index (χ4v) is 2.17. The molecule has 0 aromatic carbocycles. The van der Waals surface area contributed by atoms with Crippen LogP contribution in [0.4, 0.5) is 0 Å². The molecule has 24 heavy (non-hydrogen) atoms. The van der Waals surface area contributed by atoms with E-state index in [4.69, 9.17) is 4.74 Å². The van der Waals surface area contributed by atoms with Gasteiger partial charge in [0.2, 0.25) is 11.8 Å². The molecule has 1 fully saturated rings. The molecule has 0 radical (unpaired) electrons. The Morgan fingerprint density at radius 1 is 1.00 bits per heavy atom. The molecule has 1 aliphatic heterocycles. The standard InChI is InChI=1S/C17H31N3O4/c1-13(21)20-9-7-19(8-10-20)12-18-14(22)17(5,6)11-24-15(23)16(2,3)4/h7-12H2,1-6H3,(H,18,22). The van der Waals surface area contributed by atoms with Crippen LogP contribution in [0.5, 0.6) is 0 Å². The van der Waals surface area contributed by atoms with Gasteiger partial charge in [-0.3, -0.25) is 19.3 Å². The van der Waals surface area contributed by atoms with Crippen LogP contribution in [0, 0.1) is 10.8 Å². The van der Waals surface area contributed by atoms with Crippen molar-refractivity contribution in [2.75, 3.05) is 39.5 Å². The molecule has 1 saturated heterocycles. The highest BCUT2D eigenvalue weighted by atomic mass is 16.5. The lowest BCUT2D eigenvalue weighted by molar-refractivity contribution is -0.158. The number of nitrogens with zero attached hydrogens (tertiary/aromatic N) is 2. The van der Waals surface area contributed by atoms with Crippen molar-refractivity contribution in [3.8, 4) is 0 Å². The molecule has 0 saturated carbocycles. The monoisotopic (exact) mass is 341 g/mol. The first kappa shape index (κ1) is 20.4. The average molecular weight is 341 g/mol. The van der Waals surface area contributed by atoms with Crippen LogP contribution in [-0.2, 0) is 19.1 Å². The number of hydrogen-bond donors (Lipinski definition) is 1. The molecule has 0 bridgehead atoms. The Labute approximate surface area is 144 Å². The summed E-state index contributed by atoms with van der Waals surface area (Å²) in [4.78, 5) is 39.4. The van der Waals surface area contributed by atoms with Crippen LogP contribution in [0.2, 0.25) is 0 Å². The van der Waals surface area contributed by atoms with Crippen LogP contribution in [0.3, 0.4) is 0 Å².